The quantitative estimate of drug-likeness (QED) is 0.0305. The van der Waals surface area contributed by atoms with Crippen molar-refractivity contribution in [2.45, 2.75) is 253 Å². The maximum absolute atomic E-state index is 14.8. The van der Waals surface area contributed by atoms with E-state index in [1.165, 1.54) is 12.0 Å². The first-order valence-corrected chi connectivity index (χ1v) is 38.5. The van der Waals surface area contributed by atoms with E-state index in [4.69, 9.17) is 15.2 Å². The third-order valence-corrected chi connectivity index (χ3v) is 21.1. The Labute approximate surface area is 626 Å². The predicted molar refractivity (Wildman–Crippen MR) is 408 cm³/mol. The first-order valence-electron chi connectivity index (χ1n) is 38.5. The largest absolute Gasteiger partial charge is 0.379 e. The second-order valence-electron chi connectivity index (χ2n) is 30.6. The number of hydrogen-bond donors (Lipinski definition) is 8. The number of likely N-dealkylation sites (N-methyl/N-ethyl adjacent to an activating group) is 3. The van der Waals surface area contributed by atoms with Gasteiger partial charge >= 0.3 is 6.03 Å². The lowest BCUT2D eigenvalue weighted by atomic mass is 9.89. The van der Waals surface area contributed by atoms with Crippen molar-refractivity contribution in [3.05, 3.63) is 65.7 Å². The molecule has 2 saturated heterocycles. The molecule has 0 radical (unpaired) electrons. The van der Waals surface area contributed by atoms with Gasteiger partial charge in [0, 0.05) is 97.9 Å². The van der Waals surface area contributed by atoms with Crippen LogP contribution in [0.2, 0.25) is 0 Å². The molecule has 26 heteroatoms. The van der Waals surface area contributed by atoms with Crippen molar-refractivity contribution in [3.8, 4) is 0 Å². The average Bonchev–Trinajstić information content (AvgIpc) is 1.78. The van der Waals surface area contributed by atoms with Crippen molar-refractivity contribution in [3.63, 3.8) is 0 Å². The molecule has 26 nitrogen and oxygen atoms in total. The molecule has 0 bridgehead atoms. The lowest BCUT2D eigenvalue weighted by Crippen LogP contribution is -2.60. The monoisotopic (exact) mass is 1470 g/mol. The minimum atomic E-state index is -1.13. The van der Waals surface area contributed by atoms with E-state index >= 15 is 0 Å². The number of nitrogens with one attached hydrogen (secondary N) is 7. The Morgan fingerprint density at radius 1 is 0.610 bits per heavy atom. The van der Waals surface area contributed by atoms with E-state index in [-0.39, 0.29) is 117 Å². The highest BCUT2D eigenvalue weighted by Crippen LogP contribution is 2.31. The summed E-state index contributed by atoms with van der Waals surface area (Å²) in [6.45, 7) is 27.7. The van der Waals surface area contributed by atoms with Gasteiger partial charge in [-0.1, -0.05) is 139 Å². The molecule has 9 N–H and O–H groups in total. The molecule has 12 amide bonds. The topological polar surface area (TPSA) is 333 Å². The van der Waals surface area contributed by atoms with Crippen molar-refractivity contribution in [2.75, 3.05) is 73.4 Å². The number of primary amides is 1. The van der Waals surface area contributed by atoms with Gasteiger partial charge in [-0.15, -0.1) is 0 Å². The Balaban J connectivity index is 1.44. The summed E-state index contributed by atoms with van der Waals surface area (Å²) in [6, 6.07) is 9.90. The van der Waals surface area contributed by atoms with E-state index < -0.39 is 96.0 Å². The van der Waals surface area contributed by atoms with Gasteiger partial charge in [-0.25, -0.2) is 4.79 Å². The standard InChI is InChI=1S/C79H131N13O13/c1-19-53(12)70(90(16)78(102)68(51(8)9)87-76(100)69(52(10)11)88(14)42-26-28-49(4)5)63(104-17)47-66(95)92-43-27-32-62(92)71(105-18)54(13)72(96)85-61(46-55-29-23-22-24-30-55)77(101)89(15)48-56-33-35-59(36-34-56)83-74(98)60(31-25-41-81-79(80)103)84-75(99)67(50(6)7)86-64(93)37-38-65(94)91-44-39-57(40-45-91)73(97)82-58(20-2)21-3/h22-24,29-30,33-36,49-54,57-58,60-63,67-71H,19-21,25-28,31-32,37-48H2,1-18H3,(H,82,97)(H,83,98)(H,84,99)(H,85,96)(H,86,93)(H,87,100)(H3,80,81,103)/t53-,54+,60-,61-,62-,63+,67-,68-,69-,70-,71+/m0/s1. The molecular weight excluding hydrogens is 1340 g/mol. The number of methoxy groups -OCH3 is 2. The fraction of sp³-hybridized carbons (Fsp3) is 0.709. The number of nitrogens with two attached hydrogens (primary N) is 1. The van der Waals surface area contributed by atoms with Gasteiger partial charge in [-0.3, -0.25) is 52.8 Å². The number of benzene rings is 2. The van der Waals surface area contributed by atoms with E-state index in [1.54, 1.807) is 80.9 Å². The molecule has 0 aliphatic carbocycles. The molecule has 0 aromatic heterocycles. The second-order valence-corrected chi connectivity index (χ2v) is 30.6. The number of carbonyl (C=O) groups is 11. The van der Waals surface area contributed by atoms with Crippen LogP contribution in [0.15, 0.2) is 54.6 Å². The molecule has 2 aliphatic rings. The van der Waals surface area contributed by atoms with E-state index in [9.17, 15) is 52.7 Å². The van der Waals surface area contributed by atoms with E-state index in [0.29, 0.717) is 68.9 Å². The molecule has 0 spiro atoms. The minimum Gasteiger partial charge on any atom is -0.379 e. The highest BCUT2D eigenvalue weighted by atomic mass is 16.5. The second kappa shape index (κ2) is 45.1. The van der Waals surface area contributed by atoms with Gasteiger partial charge in [0.2, 0.25) is 59.1 Å². The fourth-order valence-electron chi connectivity index (χ4n) is 14.5. The van der Waals surface area contributed by atoms with Crippen LogP contribution >= 0.6 is 0 Å². The molecule has 0 saturated carbocycles. The number of likely N-dealkylation sites (tertiary alicyclic amines) is 2. The lowest BCUT2D eigenvalue weighted by Gasteiger charge is -2.41. The molecule has 2 heterocycles. The zero-order valence-corrected chi connectivity index (χ0v) is 66.5. The van der Waals surface area contributed by atoms with Gasteiger partial charge in [-0.05, 0) is 131 Å². The Hall–Kier alpha value is -7.71. The van der Waals surface area contributed by atoms with Gasteiger partial charge in [0.1, 0.15) is 24.2 Å². The summed E-state index contributed by atoms with van der Waals surface area (Å²) in [6.07, 6.45) is 5.25. The SMILES string of the molecule is CCC(CC)NC(=O)C1CCN(C(=O)CCC(=O)N[C@H](C(=O)N[C@@H](CCCNC(N)=O)C(=O)Nc2ccc(CN(C)C(=O)[C@H](Cc3ccccc3)NC(=O)[C@H](C)[C@@H](OC)[C@@H]3CCCN3C(=O)C[C@@H](OC)[C@H]([C@@H](C)CC)N(C)C(=O)[C@@H](NC(=O)[C@H](C(C)C)N(C)CCCC(C)C)C(C)C)cc2)C(C)C)CC1. The maximum Gasteiger partial charge on any atom is 0.312 e. The summed E-state index contributed by atoms with van der Waals surface area (Å²) < 4.78 is 12.3. The number of amides is 12. The summed E-state index contributed by atoms with van der Waals surface area (Å²) >= 11 is 0. The average molecular weight is 1470 g/mol. The zero-order chi connectivity index (χ0) is 78.4. The highest BCUT2D eigenvalue weighted by molar-refractivity contribution is 5.99. The minimum absolute atomic E-state index is 0.00150. The summed E-state index contributed by atoms with van der Waals surface area (Å²) in [5, 5.41) is 20.2. The van der Waals surface area contributed by atoms with Gasteiger partial charge in [0.25, 0.3) is 0 Å². The third-order valence-electron chi connectivity index (χ3n) is 21.1. The normalized spacial score (nSPS) is 17.0. The number of urea groups is 1. The summed E-state index contributed by atoms with van der Waals surface area (Å²) in [5.74, 6) is -4.73. The Kier molecular flexibility index (Phi) is 38.5. The van der Waals surface area contributed by atoms with E-state index in [1.807, 2.05) is 92.8 Å². The Morgan fingerprint density at radius 2 is 1.24 bits per heavy atom. The van der Waals surface area contributed by atoms with Gasteiger partial charge in [0.15, 0.2) is 0 Å². The smallest absolute Gasteiger partial charge is 0.312 e. The van der Waals surface area contributed by atoms with Crippen LogP contribution in [0.1, 0.15) is 191 Å². The number of ether oxygens (including phenoxy) is 2. The Bertz CT molecular complexity index is 3090. The molecule has 2 aromatic carbocycles. The summed E-state index contributed by atoms with van der Waals surface area (Å²) in [5.41, 5.74) is 7.17. The van der Waals surface area contributed by atoms with Gasteiger partial charge in [0.05, 0.1) is 42.7 Å². The fourth-order valence-corrected chi connectivity index (χ4v) is 14.5. The molecule has 105 heavy (non-hydrogen) atoms. The Morgan fingerprint density at radius 3 is 1.80 bits per heavy atom. The molecule has 2 aliphatic heterocycles. The third kappa shape index (κ3) is 28.2. The molecule has 4 rings (SSSR count). The first kappa shape index (κ1) is 89.7. The zero-order valence-electron chi connectivity index (χ0n) is 66.5. The van der Waals surface area contributed by atoms with Gasteiger partial charge < -0.3 is 72.0 Å². The van der Waals surface area contributed by atoms with Gasteiger partial charge in [-0.2, -0.15) is 0 Å². The number of hydrogen-bond acceptors (Lipinski definition) is 14. The highest BCUT2D eigenvalue weighted by Gasteiger charge is 2.44. The lowest BCUT2D eigenvalue weighted by molar-refractivity contribution is -0.148. The van der Waals surface area contributed by atoms with Crippen LogP contribution in [-0.2, 0) is 70.4 Å². The maximum atomic E-state index is 14.8. The molecule has 2 fully saturated rings. The number of nitrogens with zero attached hydrogens (tertiary/aromatic N) is 5. The summed E-state index contributed by atoms with van der Waals surface area (Å²) in [7, 11) is 8.37. The van der Waals surface area contributed by atoms with Crippen LogP contribution in [0.3, 0.4) is 0 Å². The van der Waals surface area contributed by atoms with E-state index in [0.717, 1.165) is 37.8 Å². The molecule has 590 valence electrons. The van der Waals surface area contributed by atoms with Crippen LogP contribution in [-0.4, -0.2) is 218 Å². The number of anilines is 1. The van der Waals surface area contributed by atoms with Crippen molar-refractivity contribution >= 4 is 70.8 Å². The number of piperidine rings is 1. The van der Waals surface area contributed by atoms with Crippen LogP contribution in [0, 0.1) is 41.4 Å². The molecule has 2 aromatic rings. The van der Waals surface area contributed by atoms with Crippen molar-refractivity contribution in [1.29, 1.82) is 0 Å². The summed E-state index contributed by atoms with van der Waals surface area (Å²) in [4.78, 5) is 161. The molecular formula is C79H131N13O13. The van der Waals surface area contributed by atoms with Crippen LogP contribution in [0.4, 0.5) is 10.5 Å². The van der Waals surface area contributed by atoms with Crippen LogP contribution < -0.4 is 43.0 Å². The van der Waals surface area contributed by atoms with Crippen molar-refractivity contribution in [1.82, 2.24) is 56.4 Å². The molecule has 11 atom stereocenters. The first-order chi connectivity index (χ1) is 49.7. The van der Waals surface area contributed by atoms with Crippen LogP contribution in [0.5, 0.6) is 0 Å². The van der Waals surface area contributed by atoms with E-state index in [2.05, 4.69) is 56.0 Å². The van der Waals surface area contributed by atoms with Crippen molar-refractivity contribution in [2.24, 2.45) is 47.2 Å². The van der Waals surface area contributed by atoms with Crippen molar-refractivity contribution < 1.29 is 62.2 Å². The predicted octanol–water partition coefficient (Wildman–Crippen LogP) is 7.16. The number of rotatable bonds is 44. The number of carbonyl (C=O) groups excluding carboxylic acids is 11. The van der Waals surface area contributed by atoms with Crippen LogP contribution in [0.25, 0.3) is 0 Å². The molecule has 0 unspecified atom stereocenters.